The zero-order valence-electron chi connectivity index (χ0n) is 8.06. The molecule has 0 saturated heterocycles. The third kappa shape index (κ3) is 1.21. The molecule has 0 aromatic heterocycles. The van der Waals surface area contributed by atoms with Gasteiger partial charge in [0.25, 0.3) is 0 Å². The molecule has 11 heavy (non-hydrogen) atoms. The van der Waals surface area contributed by atoms with E-state index in [4.69, 9.17) is 0 Å². The van der Waals surface area contributed by atoms with Crippen molar-refractivity contribution in [3.05, 3.63) is 0 Å². The summed E-state index contributed by atoms with van der Waals surface area (Å²) in [6, 6.07) is 0. The highest BCUT2D eigenvalue weighted by Crippen LogP contribution is 2.54. The van der Waals surface area contributed by atoms with Gasteiger partial charge in [0.1, 0.15) is 0 Å². The number of fused-ring (bicyclic) bond motifs is 2. The van der Waals surface area contributed by atoms with E-state index >= 15 is 0 Å². The van der Waals surface area contributed by atoms with Gasteiger partial charge >= 0.3 is 0 Å². The van der Waals surface area contributed by atoms with Gasteiger partial charge in [-0.1, -0.05) is 27.2 Å². The minimum absolute atomic E-state index is 0.583. The molecule has 0 aliphatic heterocycles. The van der Waals surface area contributed by atoms with E-state index in [1.807, 2.05) is 0 Å². The van der Waals surface area contributed by atoms with E-state index in [9.17, 15) is 0 Å². The maximum Gasteiger partial charge on any atom is -0.0334 e. The molecule has 0 nitrogen and oxygen atoms in total. The van der Waals surface area contributed by atoms with Crippen LogP contribution in [-0.4, -0.2) is 0 Å². The van der Waals surface area contributed by atoms with E-state index < -0.39 is 0 Å². The first kappa shape index (κ1) is 7.64. The molecule has 0 aromatic rings. The molecule has 0 heteroatoms. The van der Waals surface area contributed by atoms with Gasteiger partial charge in [0.15, 0.2) is 0 Å². The second-order valence-corrected chi connectivity index (χ2v) is 5.65. The highest BCUT2D eigenvalue weighted by molar-refractivity contribution is 4.94. The molecule has 2 unspecified atom stereocenters. The summed E-state index contributed by atoms with van der Waals surface area (Å²) in [7, 11) is 0. The lowest BCUT2D eigenvalue weighted by atomic mass is 9.72. The number of hydrogen-bond donors (Lipinski definition) is 0. The van der Waals surface area contributed by atoms with Crippen LogP contribution in [0.25, 0.3) is 0 Å². The van der Waals surface area contributed by atoms with Gasteiger partial charge in [0.2, 0.25) is 0 Å². The first-order valence-corrected chi connectivity index (χ1v) is 5.07. The van der Waals surface area contributed by atoms with Crippen molar-refractivity contribution in [3.8, 4) is 0 Å². The van der Waals surface area contributed by atoms with Crippen LogP contribution in [0.4, 0.5) is 0 Å². The molecule has 0 spiro atoms. The topological polar surface area (TPSA) is 0 Å². The van der Waals surface area contributed by atoms with Crippen LogP contribution in [0.2, 0.25) is 0 Å². The van der Waals surface area contributed by atoms with Crippen LogP contribution in [0.15, 0.2) is 0 Å². The Balaban J connectivity index is 2.08. The number of rotatable bonds is 0. The Morgan fingerprint density at radius 2 is 1.73 bits per heavy atom. The largest absolute Gasteiger partial charge is 0.0599 e. The minimum Gasteiger partial charge on any atom is -0.0599 e. The van der Waals surface area contributed by atoms with E-state index in [1.165, 1.54) is 19.3 Å². The Bertz CT molecular complexity index is 152. The molecule has 64 valence electrons. The molecule has 2 aliphatic carbocycles. The van der Waals surface area contributed by atoms with Crippen molar-refractivity contribution in [2.75, 3.05) is 0 Å². The van der Waals surface area contributed by atoms with Gasteiger partial charge in [-0.15, -0.1) is 0 Å². The van der Waals surface area contributed by atoms with E-state index in [0.29, 0.717) is 5.41 Å². The lowest BCUT2D eigenvalue weighted by Gasteiger charge is -2.34. The molecule has 0 heterocycles. The Morgan fingerprint density at radius 1 is 1.00 bits per heavy atom. The summed E-state index contributed by atoms with van der Waals surface area (Å²) in [6.45, 7) is 7.25. The van der Waals surface area contributed by atoms with E-state index in [0.717, 1.165) is 17.8 Å². The van der Waals surface area contributed by atoms with Crippen LogP contribution in [-0.2, 0) is 0 Å². The molecule has 2 rings (SSSR count). The fourth-order valence-corrected chi connectivity index (χ4v) is 3.31. The summed E-state index contributed by atoms with van der Waals surface area (Å²) >= 11 is 0. The monoisotopic (exact) mass is 152 g/mol. The predicted molar refractivity (Wildman–Crippen MR) is 48.4 cm³/mol. The predicted octanol–water partition coefficient (Wildman–Crippen LogP) is 3.47. The van der Waals surface area contributed by atoms with Crippen LogP contribution in [0.5, 0.6) is 0 Å². The molecule has 0 N–H and O–H groups in total. The van der Waals surface area contributed by atoms with Crippen LogP contribution in [0.3, 0.4) is 0 Å². The van der Waals surface area contributed by atoms with Crippen LogP contribution < -0.4 is 0 Å². The second-order valence-electron chi connectivity index (χ2n) is 5.65. The third-order valence-corrected chi connectivity index (χ3v) is 3.85. The van der Waals surface area contributed by atoms with Crippen molar-refractivity contribution >= 4 is 0 Å². The van der Waals surface area contributed by atoms with Crippen LogP contribution in [0, 0.1) is 23.2 Å². The Hall–Kier alpha value is 0. The molecule has 0 aromatic carbocycles. The first-order valence-electron chi connectivity index (χ1n) is 5.07. The zero-order chi connectivity index (χ0) is 8.06. The number of hydrogen-bond acceptors (Lipinski definition) is 0. The summed E-state index contributed by atoms with van der Waals surface area (Å²) in [5.41, 5.74) is 0.583. The van der Waals surface area contributed by atoms with Crippen molar-refractivity contribution < 1.29 is 0 Å². The van der Waals surface area contributed by atoms with Crippen molar-refractivity contribution in [1.82, 2.24) is 0 Å². The zero-order valence-corrected chi connectivity index (χ0v) is 8.06. The average Bonchev–Trinajstić information content (AvgIpc) is 2.42. The molecule has 0 radical (unpaired) electrons. The van der Waals surface area contributed by atoms with Crippen LogP contribution in [0.1, 0.15) is 46.5 Å². The van der Waals surface area contributed by atoms with Gasteiger partial charge in [0, 0.05) is 0 Å². The van der Waals surface area contributed by atoms with Gasteiger partial charge in [-0.3, -0.25) is 0 Å². The summed E-state index contributed by atoms with van der Waals surface area (Å²) in [4.78, 5) is 0. The molecule has 2 aliphatic rings. The molecular formula is C11H20. The summed E-state index contributed by atoms with van der Waals surface area (Å²) < 4.78 is 0. The fraction of sp³-hybridized carbons (Fsp3) is 1.00. The summed E-state index contributed by atoms with van der Waals surface area (Å²) in [6.07, 6.45) is 6.17. The van der Waals surface area contributed by atoms with Crippen molar-refractivity contribution in [1.29, 1.82) is 0 Å². The van der Waals surface area contributed by atoms with Gasteiger partial charge in [-0.05, 0) is 42.4 Å². The summed E-state index contributed by atoms with van der Waals surface area (Å²) in [5, 5.41) is 0. The SMILES string of the molecule is CC(C)(C)[C@H]1CC2CCC1C2. The van der Waals surface area contributed by atoms with E-state index in [2.05, 4.69) is 20.8 Å². The maximum absolute atomic E-state index is 2.42. The summed E-state index contributed by atoms with van der Waals surface area (Å²) in [5.74, 6) is 3.26. The lowest BCUT2D eigenvalue weighted by Crippen LogP contribution is -2.25. The Labute approximate surface area is 70.4 Å². The highest BCUT2D eigenvalue weighted by Gasteiger charge is 2.44. The van der Waals surface area contributed by atoms with Gasteiger partial charge in [-0.2, -0.15) is 0 Å². The van der Waals surface area contributed by atoms with Crippen molar-refractivity contribution in [2.45, 2.75) is 46.5 Å². The van der Waals surface area contributed by atoms with E-state index in [1.54, 1.807) is 6.42 Å². The fourth-order valence-electron chi connectivity index (χ4n) is 3.31. The molecule has 2 bridgehead atoms. The molecular weight excluding hydrogens is 132 g/mol. The standard InChI is InChI=1S/C11H20/c1-11(2,3)10-7-8-4-5-9(10)6-8/h8-10H,4-7H2,1-3H3/t8?,9?,10-/m0/s1. The quantitative estimate of drug-likeness (QED) is 0.498. The second kappa shape index (κ2) is 2.24. The molecule has 0 amide bonds. The van der Waals surface area contributed by atoms with Crippen molar-refractivity contribution in [3.63, 3.8) is 0 Å². The first-order chi connectivity index (χ1) is 5.07. The third-order valence-electron chi connectivity index (χ3n) is 3.85. The lowest BCUT2D eigenvalue weighted by molar-refractivity contribution is 0.161. The van der Waals surface area contributed by atoms with Gasteiger partial charge in [-0.25, -0.2) is 0 Å². The Kier molecular flexibility index (Phi) is 1.56. The molecule has 2 fully saturated rings. The average molecular weight is 152 g/mol. The Morgan fingerprint density at radius 3 is 2.00 bits per heavy atom. The smallest absolute Gasteiger partial charge is 0.0334 e. The van der Waals surface area contributed by atoms with E-state index in [-0.39, 0.29) is 0 Å². The van der Waals surface area contributed by atoms with Crippen LogP contribution >= 0.6 is 0 Å². The van der Waals surface area contributed by atoms with Gasteiger partial charge < -0.3 is 0 Å². The normalized spacial score (nSPS) is 43.4. The maximum atomic E-state index is 2.42. The highest BCUT2D eigenvalue weighted by atomic mass is 14.5. The molecule has 3 atom stereocenters. The van der Waals surface area contributed by atoms with Crippen molar-refractivity contribution in [2.24, 2.45) is 23.2 Å². The molecule has 2 saturated carbocycles. The minimum atomic E-state index is 0.583. The van der Waals surface area contributed by atoms with Gasteiger partial charge in [0.05, 0.1) is 0 Å².